The minimum absolute atomic E-state index is 0.124. The van der Waals surface area contributed by atoms with Crippen LogP contribution in [0.5, 0.6) is 0 Å². The van der Waals surface area contributed by atoms with E-state index in [4.69, 9.17) is 9.47 Å². The van der Waals surface area contributed by atoms with Gasteiger partial charge in [0.1, 0.15) is 6.61 Å². The fourth-order valence-electron chi connectivity index (χ4n) is 3.96. The van der Waals surface area contributed by atoms with Crippen molar-refractivity contribution in [3.63, 3.8) is 0 Å². The average molecular weight is 412 g/mol. The first-order valence-electron chi connectivity index (χ1n) is 11.6. The van der Waals surface area contributed by atoms with E-state index in [0.29, 0.717) is 13.0 Å². The van der Waals surface area contributed by atoms with E-state index in [-0.39, 0.29) is 24.4 Å². The number of hydrogen-bond donors (Lipinski definition) is 1. The molecule has 0 aromatic rings. The number of amides is 1. The summed E-state index contributed by atoms with van der Waals surface area (Å²) in [7, 11) is 0. The van der Waals surface area contributed by atoms with Crippen molar-refractivity contribution in [1.29, 1.82) is 0 Å². The van der Waals surface area contributed by atoms with Gasteiger partial charge in [-0.2, -0.15) is 0 Å². The van der Waals surface area contributed by atoms with E-state index in [1.165, 1.54) is 6.92 Å². The van der Waals surface area contributed by atoms with Crippen LogP contribution in [0.1, 0.15) is 104 Å². The number of nitrogens with one attached hydrogen (secondary N) is 1. The SMILES string of the molecule is CCCCCCCC(=O)OC(COC(C)=O)(C(=O)NCCCC)C1CCCCC1. The van der Waals surface area contributed by atoms with Crippen molar-refractivity contribution < 1.29 is 23.9 Å². The first kappa shape index (κ1) is 25.4. The van der Waals surface area contributed by atoms with Crippen molar-refractivity contribution in [3.05, 3.63) is 0 Å². The zero-order chi connectivity index (χ0) is 21.5. The van der Waals surface area contributed by atoms with Gasteiger partial charge in [-0.25, -0.2) is 0 Å². The summed E-state index contributed by atoms with van der Waals surface area (Å²) in [6.45, 7) is 5.85. The molecule has 0 aromatic heterocycles. The number of carbonyl (C=O) groups excluding carboxylic acids is 3. The fourth-order valence-corrected chi connectivity index (χ4v) is 3.96. The zero-order valence-corrected chi connectivity index (χ0v) is 18.7. The molecule has 0 radical (unpaired) electrons. The molecule has 1 unspecified atom stereocenters. The summed E-state index contributed by atoms with van der Waals surface area (Å²) in [6.07, 6.45) is 11.9. The van der Waals surface area contributed by atoms with Crippen molar-refractivity contribution in [1.82, 2.24) is 5.32 Å². The fraction of sp³-hybridized carbons (Fsp3) is 0.870. The Bertz CT molecular complexity index is 501. The Labute approximate surface area is 176 Å². The number of ether oxygens (including phenoxy) is 2. The van der Waals surface area contributed by atoms with Gasteiger partial charge in [0.25, 0.3) is 5.91 Å². The van der Waals surface area contributed by atoms with Gasteiger partial charge in [0.2, 0.25) is 5.60 Å². The molecule has 1 N–H and O–H groups in total. The van der Waals surface area contributed by atoms with E-state index in [0.717, 1.165) is 77.0 Å². The van der Waals surface area contributed by atoms with Crippen LogP contribution < -0.4 is 5.32 Å². The Kier molecular flexibility index (Phi) is 12.6. The minimum atomic E-state index is -1.42. The second-order valence-electron chi connectivity index (χ2n) is 8.25. The Hall–Kier alpha value is -1.59. The van der Waals surface area contributed by atoms with Crippen molar-refractivity contribution >= 4 is 17.8 Å². The molecule has 6 heteroatoms. The molecular weight excluding hydrogens is 370 g/mol. The van der Waals surface area contributed by atoms with Gasteiger partial charge in [0.15, 0.2) is 0 Å². The number of hydrogen-bond acceptors (Lipinski definition) is 5. The predicted octanol–water partition coefficient (Wildman–Crippen LogP) is 4.69. The maximum atomic E-state index is 13.2. The first-order chi connectivity index (χ1) is 14.0. The van der Waals surface area contributed by atoms with Crippen LogP contribution in [0.3, 0.4) is 0 Å². The van der Waals surface area contributed by atoms with Crippen LogP contribution in [0, 0.1) is 5.92 Å². The van der Waals surface area contributed by atoms with Crippen LogP contribution in [0.15, 0.2) is 0 Å². The van der Waals surface area contributed by atoms with Crippen LogP contribution in [-0.4, -0.2) is 36.6 Å². The summed E-state index contributed by atoms with van der Waals surface area (Å²) >= 11 is 0. The summed E-state index contributed by atoms with van der Waals surface area (Å²) in [6, 6.07) is 0. The molecule has 1 amide bonds. The minimum Gasteiger partial charge on any atom is -0.461 e. The molecule has 29 heavy (non-hydrogen) atoms. The molecule has 0 heterocycles. The molecular formula is C23H41NO5. The third kappa shape index (κ3) is 9.18. The summed E-state index contributed by atoms with van der Waals surface area (Å²) in [5.41, 5.74) is -1.42. The van der Waals surface area contributed by atoms with Gasteiger partial charge >= 0.3 is 11.9 Å². The molecule has 0 aromatic carbocycles. The lowest BCUT2D eigenvalue weighted by Gasteiger charge is -2.40. The average Bonchev–Trinajstić information content (AvgIpc) is 2.71. The molecule has 0 spiro atoms. The highest BCUT2D eigenvalue weighted by Gasteiger charge is 2.50. The highest BCUT2D eigenvalue weighted by atomic mass is 16.6. The standard InChI is InChI=1S/C23H41NO5/c1-4-6-8-9-13-16-21(26)29-23(18-28-19(3)25,20-14-11-10-12-15-20)22(27)24-17-7-5-2/h20H,4-18H2,1-3H3,(H,24,27). The lowest BCUT2D eigenvalue weighted by molar-refractivity contribution is -0.188. The summed E-state index contributed by atoms with van der Waals surface area (Å²) in [4.78, 5) is 37.4. The Morgan fingerprint density at radius 2 is 1.59 bits per heavy atom. The summed E-state index contributed by atoms with van der Waals surface area (Å²) in [5.74, 6) is -1.29. The predicted molar refractivity (Wildman–Crippen MR) is 113 cm³/mol. The van der Waals surface area contributed by atoms with Crippen LogP contribution in [-0.2, 0) is 23.9 Å². The Morgan fingerprint density at radius 1 is 0.931 bits per heavy atom. The van der Waals surface area contributed by atoms with Gasteiger partial charge < -0.3 is 14.8 Å². The second-order valence-corrected chi connectivity index (χ2v) is 8.25. The number of esters is 2. The monoisotopic (exact) mass is 411 g/mol. The van der Waals surface area contributed by atoms with E-state index < -0.39 is 11.6 Å². The van der Waals surface area contributed by atoms with Crippen molar-refractivity contribution in [2.24, 2.45) is 5.92 Å². The van der Waals surface area contributed by atoms with Crippen LogP contribution in [0.2, 0.25) is 0 Å². The number of rotatable bonds is 14. The largest absolute Gasteiger partial charge is 0.461 e. The normalized spacial score (nSPS) is 16.7. The highest BCUT2D eigenvalue weighted by molar-refractivity contribution is 5.89. The number of carbonyl (C=O) groups is 3. The molecule has 0 saturated heterocycles. The lowest BCUT2D eigenvalue weighted by Crippen LogP contribution is -2.58. The molecule has 168 valence electrons. The van der Waals surface area contributed by atoms with Gasteiger partial charge in [-0.15, -0.1) is 0 Å². The molecule has 0 bridgehead atoms. The first-order valence-corrected chi connectivity index (χ1v) is 11.6. The van der Waals surface area contributed by atoms with E-state index in [1.807, 2.05) is 0 Å². The van der Waals surface area contributed by atoms with E-state index in [1.54, 1.807) is 0 Å². The molecule has 1 aliphatic carbocycles. The van der Waals surface area contributed by atoms with E-state index in [9.17, 15) is 14.4 Å². The highest BCUT2D eigenvalue weighted by Crippen LogP contribution is 2.36. The molecule has 1 aliphatic rings. The van der Waals surface area contributed by atoms with Crippen LogP contribution in [0.25, 0.3) is 0 Å². The zero-order valence-electron chi connectivity index (χ0n) is 18.7. The number of unbranched alkanes of at least 4 members (excludes halogenated alkanes) is 5. The molecule has 1 atom stereocenters. The quantitative estimate of drug-likeness (QED) is 0.331. The molecule has 6 nitrogen and oxygen atoms in total. The van der Waals surface area contributed by atoms with Crippen molar-refractivity contribution in [3.8, 4) is 0 Å². The maximum Gasteiger partial charge on any atom is 0.306 e. The summed E-state index contributed by atoms with van der Waals surface area (Å²) < 4.78 is 11.2. The third-order valence-electron chi connectivity index (χ3n) is 5.74. The molecule has 1 saturated carbocycles. The van der Waals surface area contributed by atoms with Gasteiger partial charge in [-0.1, -0.05) is 65.2 Å². The van der Waals surface area contributed by atoms with Crippen LogP contribution in [0.4, 0.5) is 0 Å². The topological polar surface area (TPSA) is 81.7 Å². The van der Waals surface area contributed by atoms with Crippen LogP contribution >= 0.6 is 0 Å². The smallest absolute Gasteiger partial charge is 0.306 e. The Balaban J connectivity index is 2.92. The van der Waals surface area contributed by atoms with E-state index >= 15 is 0 Å². The van der Waals surface area contributed by atoms with Gasteiger partial charge in [0.05, 0.1) is 0 Å². The molecule has 1 fully saturated rings. The molecule has 1 rings (SSSR count). The van der Waals surface area contributed by atoms with Crippen molar-refractivity contribution in [2.75, 3.05) is 13.2 Å². The van der Waals surface area contributed by atoms with E-state index in [2.05, 4.69) is 19.2 Å². The maximum absolute atomic E-state index is 13.2. The third-order valence-corrected chi connectivity index (χ3v) is 5.74. The second kappa shape index (κ2) is 14.4. The Morgan fingerprint density at radius 3 is 2.21 bits per heavy atom. The van der Waals surface area contributed by atoms with Gasteiger partial charge in [-0.05, 0) is 25.7 Å². The van der Waals surface area contributed by atoms with Gasteiger partial charge in [0, 0.05) is 25.8 Å². The lowest BCUT2D eigenvalue weighted by atomic mass is 9.76. The van der Waals surface area contributed by atoms with Crippen molar-refractivity contribution in [2.45, 2.75) is 110 Å². The summed E-state index contributed by atoms with van der Waals surface area (Å²) in [5, 5.41) is 2.93. The van der Waals surface area contributed by atoms with Gasteiger partial charge in [-0.3, -0.25) is 14.4 Å². The molecule has 0 aliphatic heterocycles.